The number of rotatable bonds is 2. The minimum absolute atomic E-state index is 0.241. The first-order chi connectivity index (χ1) is 7.22. The third-order valence-electron chi connectivity index (χ3n) is 2.43. The Morgan fingerprint density at radius 1 is 1.40 bits per heavy atom. The number of hydrogen-bond donors (Lipinski definition) is 1. The summed E-state index contributed by atoms with van der Waals surface area (Å²) in [5, 5.41) is 0. The molecule has 0 bridgehead atoms. The van der Waals surface area contributed by atoms with E-state index >= 15 is 0 Å². The van der Waals surface area contributed by atoms with E-state index in [1.165, 1.54) is 6.07 Å². The lowest BCUT2D eigenvalue weighted by Crippen LogP contribution is -2.36. The molecule has 1 heterocycles. The summed E-state index contributed by atoms with van der Waals surface area (Å²) < 4.78 is 31.0. The summed E-state index contributed by atoms with van der Waals surface area (Å²) in [6.07, 6.45) is -0.241. The predicted molar refractivity (Wildman–Crippen MR) is 52.5 cm³/mol. The van der Waals surface area contributed by atoms with E-state index in [0.29, 0.717) is 25.4 Å². The SMILES string of the molecule is NCC1OCCN1c1ccc(F)c(F)c1. The zero-order chi connectivity index (χ0) is 10.8. The molecule has 1 aliphatic heterocycles. The van der Waals surface area contributed by atoms with Crippen LogP contribution in [0.5, 0.6) is 0 Å². The van der Waals surface area contributed by atoms with Crippen LogP contribution in [0.3, 0.4) is 0 Å². The summed E-state index contributed by atoms with van der Waals surface area (Å²) in [5.74, 6) is -1.70. The van der Waals surface area contributed by atoms with Crippen LogP contribution >= 0.6 is 0 Å². The van der Waals surface area contributed by atoms with Crippen molar-refractivity contribution in [1.29, 1.82) is 0 Å². The summed E-state index contributed by atoms with van der Waals surface area (Å²) >= 11 is 0. The Hall–Kier alpha value is -1.20. The number of hydrogen-bond acceptors (Lipinski definition) is 3. The predicted octanol–water partition coefficient (Wildman–Crippen LogP) is 1.09. The number of nitrogens with zero attached hydrogens (tertiary/aromatic N) is 1. The molecule has 0 aliphatic carbocycles. The highest BCUT2D eigenvalue weighted by atomic mass is 19.2. The van der Waals surface area contributed by atoms with Crippen LogP contribution in [0.2, 0.25) is 0 Å². The molecule has 1 aromatic carbocycles. The Balaban J connectivity index is 2.25. The van der Waals surface area contributed by atoms with Crippen LogP contribution in [0.15, 0.2) is 18.2 Å². The first-order valence-electron chi connectivity index (χ1n) is 4.75. The molecule has 1 aliphatic rings. The summed E-state index contributed by atoms with van der Waals surface area (Å²) in [4.78, 5) is 1.82. The molecule has 2 N–H and O–H groups in total. The fourth-order valence-electron chi connectivity index (χ4n) is 1.68. The van der Waals surface area contributed by atoms with E-state index in [1.807, 2.05) is 4.90 Å². The van der Waals surface area contributed by atoms with Gasteiger partial charge in [0.15, 0.2) is 11.6 Å². The Labute approximate surface area is 86.4 Å². The van der Waals surface area contributed by atoms with Gasteiger partial charge in [0.25, 0.3) is 0 Å². The van der Waals surface area contributed by atoms with Gasteiger partial charge in [-0.2, -0.15) is 0 Å². The van der Waals surface area contributed by atoms with Crippen molar-refractivity contribution >= 4 is 5.69 Å². The highest BCUT2D eigenvalue weighted by molar-refractivity contribution is 5.48. The first-order valence-corrected chi connectivity index (χ1v) is 4.75. The highest BCUT2D eigenvalue weighted by Gasteiger charge is 2.24. The average Bonchev–Trinajstić information content (AvgIpc) is 2.70. The first kappa shape index (κ1) is 10.3. The molecule has 82 valence electrons. The molecule has 5 heteroatoms. The van der Waals surface area contributed by atoms with E-state index in [0.717, 1.165) is 12.1 Å². The number of anilines is 1. The Morgan fingerprint density at radius 2 is 2.20 bits per heavy atom. The van der Waals surface area contributed by atoms with Crippen molar-refractivity contribution < 1.29 is 13.5 Å². The lowest BCUT2D eigenvalue weighted by Gasteiger charge is -2.23. The van der Waals surface area contributed by atoms with Gasteiger partial charge < -0.3 is 15.4 Å². The van der Waals surface area contributed by atoms with Gasteiger partial charge in [-0.25, -0.2) is 8.78 Å². The number of ether oxygens (including phenoxy) is 1. The molecule has 1 saturated heterocycles. The number of halogens is 2. The van der Waals surface area contributed by atoms with Crippen molar-refractivity contribution in [3.05, 3.63) is 29.8 Å². The van der Waals surface area contributed by atoms with Crippen LogP contribution in [0.25, 0.3) is 0 Å². The smallest absolute Gasteiger partial charge is 0.160 e. The second-order valence-corrected chi connectivity index (χ2v) is 3.35. The van der Waals surface area contributed by atoms with Gasteiger partial charge in [-0.1, -0.05) is 0 Å². The minimum Gasteiger partial charge on any atom is -0.355 e. The standard InChI is InChI=1S/C10H12F2N2O/c11-8-2-1-7(5-9(8)12)14-3-4-15-10(14)6-13/h1-2,5,10H,3-4,6,13H2. The minimum atomic E-state index is -0.852. The fourth-order valence-corrected chi connectivity index (χ4v) is 1.68. The molecule has 0 aromatic heterocycles. The molecule has 2 rings (SSSR count). The zero-order valence-electron chi connectivity index (χ0n) is 8.12. The van der Waals surface area contributed by atoms with E-state index in [4.69, 9.17) is 10.5 Å². The van der Waals surface area contributed by atoms with E-state index in [-0.39, 0.29) is 6.23 Å². The highest BCUT2D eigenvalue weighted by Crippen LogP contribution is 2.22. The molecule has 1 unspecified atom stereocenters. The van der Waals surface area contributed by atoms with Crippen molar-refractivity contribution in [3.63, 3.8) is 0 Å². The number of benzene rings is 1. The molecule has 1 aromatic rings. The maximum absolute atomic E-state index is 13.0. The van der Waals surface area contributed by atoms with Crippen molar-refractivity contribution in [2.45, 2.75) is 6.23 Å². The van der Waals surface area contributed by atoms with Gasteiger partial charge in [-0.05, 0) is 12.1 Å². The van der Waals surface area contributed by atoms with Crippen LogP contribution in [-0.4, -0.2) is 25.9 Å². The molecule has 0 saturated carbocycles. The molecule has 15 heavy (non-hydrogen) atoms. The second kappa shape index (κ2) is 4.12. The van der Waals surface area contributed by atoms with Crippen molar-refractivity contribution in [3.8, 4) is 0 Å². The van der Waals surface area contributed by atoms with E-state index in [2.05, 4.69) is 0 Å². The quantitative estimate of drug-likeness (QED) is 0.800. The van der Waals surface area contributed by atoms with Crippen molar-refractivity contribution in [1.82, 2.24) is 0 Å². The summed E-state index contributed by atoms with van der Waals surface area (Å²) in [5.41, 5.74) is 6.09. The lowest BCUT2D eigenvalue weighted by molar-refractivity contribution is 0.119. The van der Waals surface area contributed by atoms with Gasteiger partial charge >= 0.3 is 0 Å². The Bertz CT molecular complexity index is 359. The number of nitrogens with two attached hydrogens (primary N) is 1. The molecule has 1 atom stereocenters. The zero-order valence-corrected chi connectivity index (χ0v) is 8.12. The molecular formula is C10H12F2N2O. The Morgan fingerprint density at radius 3 is 2.87 bits per heavy atom. The normalized spacial score (nSPS) is 21.0. The topological polar surface area (TPSA) is 38.5 Å². The molecular weight excluding hydrogens is 202 g/mol. The molecule has 3 nitrogen and oxygen atoms in total. The Kier molecular flexibility index (Phi) is 2.83. The summed E-state index contributed by atoms with van der Waals surface area (Å²) in [6, 6.07) is 3.79. The van der Waals surface area contributed by atoms with Crippen LogP contribution < -0.4 is 10.6 Å². The van der Waals surface area contributed by atoms with Crippen LogP contribution in [0.4, 0.5) is 14.5 Å². The van der Waals surface area contributed by atoms with Crippen molar-refractivity contribution in [2.24, 2.45) is 5.73 Å². The van der Waals surface area contributed by atoms with Gasteiger partial charge in [0.05, 0.1) is 6.61 Å². The van der Waals surface area contributed by atoms with Gasteiger partial charge in [-0.15, -0.1) is 0 Å². The third-order valence-corrected chi connectivity index (χ3v) is 2.43. The molecule has 0 radical (unpaired) electrons. The van der Waals surface area contributed by atoms with Crippen LogP contribution in [0.1, 0.15) is 0 Å². The third kappa shape index (κ3) is 1.93. The van der Waals surface area contributed by atoms with Crippen LogP contribution in [0, 0.1) is 11.6 Å². The van der Waals surface area contributed by atoms with Gasteiger partial charge in [-0.3, -0.25) is 0 Å². The second-order valence-electron chi connectivity index (χ2n) is 3.35. The molecule has 1 fully saturated rings. The summed E-state index contributed by atoms with van der Waals surface area (Å²) in [6.45, 7) is 1.53. The van der Waals surface area contributed by atoms with E-state index < -0.39 is 11.6 Å². The van der Waals surface area contributed by atoms with Gasteiger partial charge in [0.1, 0.15) is 6.23 Å². The maximum Gasteiger partial charge on any atom is 0.160 e. The average molecular weight is 214 g/mol. The largest absolute Gasteiger partial charge is 0.355 e. The van der Waals surface area contributed by atoms with E-state index in [1.54, 1.807) is 0 Å². The van der Waals surface area contributed by atoms with E-state index in [9.17, 15) is 8.78 Å². The van der Waals surface area contributed by atoms with Gasteiger partial charge in [0, 0.05) is 24.8 Å². The van der Waals surface area contributed by atoms with Crippen molar-refractivity contribution in [2.75, 3.05) is 24.6 Å². The van der Waals surface area contributed by atoms with Crippen LogP contribution in [-0.2, 0) is 4.74 Å². The molecule has 0 spiro atoms. The molecule has 0 amide bonds. The summed E-state index contributed by atoms with van der Waals surface area (Å²) in [7, 11) is 0. The monoisotopic (exact) mass is 214 g/mol. The maximum atomic E-state index is 13.0. The fraction of sp³-hybridized carbons (Fsp3) is 0.400. The lowest BCUT2D eigenvalue weighted by atomic mass is 10.2. The van der Waals surface area contributed by atoms with Gasteiger partial charge in [0.2, 0.25) is 0 Å².